The van der Waals surface area contributed by atoms with Crippen LogP contribution in [0.5, 0.6) is 0 Å². The third-order valence-corrected chi connectivity index (χ3v) is 4.83. The number of rotatable bonds is 4. The Morgan fingerprint density at radius 2 is 1.96 bits per heavy atom. The Labute approximate surface area is 154 Å². The normalized spacial score (nSPS) is 15.3. The summed E-state index contributed by atoms with van der Waals surface area (Å²) in [7, 11) is 1.54. The molecule has 0 aliphatic carbocycles. The molecule has 2 aromatic rings. The number of carbonyl (C=O) groups excluding carboxylic acids is 1. The number of hydrogen-bond acceptors (Lipinski definition) is 4. The monoisotopic (exact) mass is 380 g/mol. The Morgan fingerprint density at radius 1 is 1.27 bits per heavy atom. The zero-order chi connectivity index (χ0) is 18.8. The van der Waals surface area contributed by atoms with E-state index in [0.717, 1.165) is 0 Å². The second-order valence-corrected chi connectivity index (χ2v) is 6.51. The van der Waals surface area contributed by atoms with Crippen molar-refractivity contribution in [3.63, 3.8) is 0 Å². The van der Waals surface area contributed by atoms with E-state index in [2.05, 4.69) is 5.10 Å². The molecule has 0 atom stereocenters. The lowest BCUT2D eigenvalue weighted by atomic mass is 10.1. The fourth-order valence-corrected chi connectivity index (χ4v) is 3.24. The van der Waals surface area contributed by atoms with Crippen LogP contribution in [0.4, 0.5) is 4.39 Å². The summed E-state index contributed by atoms with van der Waals surface area (Å²) in [5.41, 5.74) is 0.384. The van der Waals surface area contributed by atoms with Crippen molar-refractivity contribution in [3.8, 4) is 0 Å². The van der Waals surface area contributed by atoms with Gasteiger partial charge in [0.05, 0.1) is 6.20 Å². The number of aryl methyl sites for hydroxylation is 1. The molecule has 1 N–H and O–H groups in total. The molecule has 26 heavy (non-hydrogen) atoms. The SMILES string of the molecule is Cn1ncc(C(=O)O)c1C(=O)N1CCN(Cc2c(F)cccc2Cl)CC1. The van der Waals surface area contributed by atoms with Crippen molar-refractivity contribution in [1.82, 2.24) is 19.6 Å². The Morgan fingerprint density at radius 3 is 2.58 bits per heavy atom. The van der Waals surface area contributed by atoms with Gasteiger partial charge < -0.3 is 10.0 Å². The quantitative estimate of drug-likeness (QED) is 0.876. The molecule has 3 rings (SSSR count). The summed E-state index contributed by atoms with van der Waals surface area (Å²) >= 11 is 6.06. The Hall–Kier alpha value is -2.45. The molecule has 0 saturated carbocycles. The third-order valence-electron chi connectivity index (χ3n) is 4.47. The van der Waals surface area contributed by atoms with Gasteiger partial charge in [-0.1, -0.05) is 17.7 Å². The van der Waals surface area contributed by atoms with Gasteiger partial charge in [0.25, 0.3) is 5.91 Å². The first-order valence-electron chi connectivity index (χ1n) is 8.08. The van der Waals surface area contributed by atoms with E-state index in [0.29, 0.717) is 43.3 Å². The number of hydrogen-bond donors (Lipinski definition) is 1. The molecule has 1 aromatic carbocycles. The maximum atomic E-state index is 13.9. The van der Waals surface area contributed by atoms with E-state index in [9.17, 15) is 19.1 Å². The molecule has 1 aromatic heterocycles. The van der Waals surface area contributed by atoms with Crippen LogP contribution in [0, 0.1) is 5.82 Å². The molecule has 0 unspecified atom stereocenters. The van der Waals surface area contributed by atoms with Gasteiger partial charge in [-0.15, -0.1) is 0 Å². The van der Waals surface area contributed by atoms with Crippen LogP contribution in [0.2, 0.25) is 5.02 Å². The lowest BCUT2D eigenvalue weighted by Gasteiger charge is -2.35. The second kappa shape index (κ2) is 7.43. The summed E-state index contributed by atoms with van der Waals surface area (Å²) in [5.74, 6) is -1.91. The highest BCUT2D eigenvalue weighted by atomic mass is 35.5. The molecule has 0 bridgehead atoms. The molecular formula is C17H18ClFN4O3. The first-order valence-corrected chi connectivity index (χ1v) is 8.46. The van der Waals surface area contributed by atoms with Crippen molar-refractivity contribution in [2.24, 2.45) is 7.05 Å². The van der Waals surface area contributed by atoms with Gasteiger partial charge in [-0.05, 0) is 12.1 Å². The van der Waals surface area contributed by atoms with E-state index in [4.69, 9.17) is 11.6 Å². The highest BCUT2D eigenvalue weighted by molar-refractivity contribution is 6.31. The summed E-state index contributed by atoms with van der Waals surface area (Å²) in [5, 5.41) is 13.4. The maximum Gasteiger partial charge on any atom is 0.339 e. The van der Waals surface area contributed by atoms with Gasteiger partial charge in [-0.25, -0.2) is 9.18 Å². The molecule has 1 saturated heterocycles. The van der Waals surface area contributed by atoms with E-state index in [1.54, 1.807) is 17.0 Å². The van der Waals surface area contributed by atoms with Crippen molar-refractivity contribution in [3.05, 3.63) is 52.1 Å². The smallest absolute Gasteiger partial charge is 0.339 e. The molecule has 0 radical (unpaired) electrons. The average molecular weight is 381 g/mol. The number of aromatic carboxylic acids is 1. The second-order valence-electron chi connectivity index (χ2n) is 6.10. The standard InChI is InChI=1S/C17H18ClFN4O3/c1-21-15(11(9-20-21)17(25)26)16(24)23-7-5-22(6-8-23)10-12-13(18)3-2-4-14(12)19/h2-4,9H,5-8,10H2,1H3,(H,25,26). The van der Waals surface area contributed by atoms with E-state index in [1.807, 2.05) is 4.90 Å². The van der Waals surface area contributed by atoms with Crippen molar-refractivity contribution in [2.75, 3.05) is 26.2 Å². The fraction of sp³-hybridized carbons (Fsp3) is 0.353. The number of carboxylic acids is 1. The number of piperazine rings is 1. The van der Waals surface area contributed by atoms with Gasteiger partial charge in [0.1, 0.15) is 17.1 Å². The van der Waals surface area contributed by atoms with Crippen LogP contribution in [0.1, 0.15) is 26.4 Å². The molecule has 2 heterocycles. The van der Waals surface area contributed by atoms with Crippen LogP contribution in [0.25, 0.3) is 0 Å². The highest BCUT2D eigenvalue weighted by Gasteiger charge is 2.28. The molecule has 0 spiro atoms. The lowest BCUT2D eigenvalue weighted by Crippen LogP contribution is -2.49. The van der Waals surface area contributed by atoms with Gasteiger partial charge in [-0.3, -0.25) is 14.4 Å². The largest absolute Gasteiger partial charge is 0.478 e. The van der Waals surface area contributed by atoms with Gasteiger partial charge in [0, 0.05) is 50.4 Å². The van der Waals surface area contributed by atoms with Crippen LogP contribution < -0.4 is 0 Å². The number of amides is 1. The van der Waals surface area contributed by atoms with E-state index in [1.165, 1.54) is 24.0 Å². The molecule has 138 valence electrons. The van der Waals surface area contributed by atoms with E-state index >= 15 is 0 Å². The van der Waals surface area contributed by atoms with Crippen LogP contribution in [0.3, 0.4) is 0 Å². The summed E-state index contributed by atoms with van der Waals surface area (Å²) in [6, 6.07) is 4.58. The van der Waals surface area contributed by atoms with Crippen LogP contribution >= 0.6 is 11.6 Å². The molecule has 1 amide bonds. The van der Waals surface area contributed by atoms with E-state index in [-0.39, 0.29) is 23.0 Å². The topological polar surface area (TPSA) is 78.7 Å². The van der Waals surface area contributed by atoms with Crippen LogP contribution in [0.15, 0.2) is 24.4 Å². The number of carbonyl (C=O) groups is 2. The molecule has 1 aliphatic rings. The zero-order valence-corrected chi connectivity index (χ0v) is 14.9. The minimum atomic E-state index is -1.19. The van der Waals surface area contributed by atoms with Crippen molar-refractivity contribution in [2.45, 2.75) is 6.54 Å². The predicted octanol–water partition coefficient (Wildman–Crippen LogP) is 1.87. The van der Waals surface area contributed by atoms with Gasteiger partial charge in [-0.2, -0.15) is 5.10 Å². The van der Waals surface area contributed by atoms with Crippen molar-refractivity contribution >= 4 is 23.5 Å². The van der Waals surface area contributed by atoms with Crippen molar-refractivity contribution < 1.29 is 19.1 Å². The summed E-state index contributed by atoms with van der Waals surface area (Å²) < 4.78 is 15.2. The molecular weight excluding hydrogens is 363 g/mol. The minimum absolute atomic E-state index is 0.0584. The highest BCUT2D eigenvalue weighted by Crippen LogP contribution is 2.22. The van der Waals surface area contributed by atoms with Gasteiger partial charge in [0.15, 0.2) is 0 Å². The molecule has 7 nitrogen and oxygen atoms in total. The summed E-state index contributed by atoms with van der Waals surface area (Å²) in [6.07, 6.45) is 1.17. The Bertz CT molecular complexity index is 826. The minimum Gasteiger partial charge on any atom is -0.478 e. The summed E-state index contributed by atoms with van der Waals surface area (Å²) in [6.45, 7) is 2.26. The van der Waals surface area contributed by atoms with Crippen molar-refractivity contribution in [1.29, 1.82) is 0 Å². The van der Waals surface area contributed by atoms with Gasteiger partial charge >= 0.3 is 5.97 Å². The Kier molecular flexibility index (Phi) is 5.24. The third kappa shape index (κ3) is 3.56. The predicted molar refractivity (Wildman–Crippen MR) is 92.8 cm³/mol. The van der Waals surface area contributed by atoms with Crippen LogP contribution in [-0.4, -0.2) is 62.7 Å². The van der Waals surface area contributed by atoms with Gasteiger partial charge in [0.2, 0.25) is 0 Å². The average Bonchev–Trinajstić information content (AvgIpc) is 3.00. The number of nitrogens with zero attached hydrogens (tertiary/aromatic N) is 4. The summed E-state index contributed by atoms with van der Waals surface area (Å²) in [4.78, 5) is 27.5. The lowest BCUT2D eigenvalue weighted by molar-refractivity contribution is 0.0598. The fourth-order valence-electron chi connectivity index (χ4n) is 3.01. The number of halogens is 2. The number of carboxylic acid groups (broad SMARTS) is 1. The first-order chi connectivity index (χ1) is 12.4. The molecule has 1 aliphatic heterocycles. The molecule has 9 heteroatoms. The first kappa shape index (κ1) is 18.3. The number of benzene rings is 1. The van der Waals surface area contributed by atoms with Crippen LogP contribution in [-0.2, 0) is 13.6 Å². The Balaban J connectivity index is 1.66. The zero-order valence-electron chi connectivity index (χ0n) is 14.2. The number of aromatic nitrogens is 2. The molecule has 1 fully saturated rings. The maximum absolute atomic E-state index is 13.9. The van der Waals surface area contributed by atoms with E-state index < -0.39 is 5.97 Å².